The predicted molar refractivity (Wildman–Crippen MR) is 162 cm³/mol. The standard InChI is InChI=1S/C30H30ClN5O6S/c1-16-15-43-27(33-16)20-12-23(19-8-9-22(41-2)24(31)25(19)34-20)42-18-11-21-26(37)32-10-6-4-3-5-7-17-13-30(17,28(38)39)35-29(40)36(21)14-18/h5,7-10,12,15,17-18,21H,3-4,6,11,13-14H2,1-2H3,(H,35,40)(H,38,39)/b7-5-,32-10?/t17-,18-,21-,30+/m0/s1. The zero-order valence-electron chi connectivity index (χ0n) is 23.6. The molecular formula is C30H30ClN5O6S. The van der Waals surface area contributed by atoms with Crippen LogP contribution in [0.5, 0.6) is 11.5 Å². The lowest BCUT2D eigenvalue weighted by molar-refractivity contribution is -0.140. The van der Waals surface area contributed by atoms with Crippen molar-refractivity contribution in [3.63, 3.8) is 0 Å². The molecule has 2 N–H and O–H groups in total. The summed E-state index contributed by atoms with van der Waals surface area (Å²) < 4.78 is 11.9. The molecule has 0 unspecified atom stereocenters. The van der Waals surface area contributed by atoms with Gasteiger partial charge in [0.1, 0.15) is 44.9 Å². The molecule has 3 amide bonds. The Morgan fingerprint density at radius 1 is 1.23 bits per heavy atom. The van der Waals surface area contributed by atoms with Crippen LogP contribution in [0.25, 0.3) is 21.6 Å². The topological polar surface area (TPSA) is 143 Å². The van der Waals surface area contributed by atoms with Crippen LogP contribution in [0.1, 0.15) is 37.8 Å². The number of benzene rings is 1. The van der Waals surface area contributed by atoms with Gasteiger partial charge in [-0.25, -0.2) is 24.5 Å². The number of methoxy groups -OCH3 is 1. The fourth-order valence-corrected chi connectivity index (χ4v) is 6.66. The largest absolute Gasteiger partial charge is 0.495 e. The number of allylic oxidation sites excluding steroid dienone is 1. The Morgan fingerprint density at radius 3 is 2.81 bits per heavy atom. The second kappa shape index (κ2) is 11.6. The quantitative estimate of drug-likeness (QED) is 0.376. The van der Waals surface area contributed by atoms with Crippen LogP contribution in [0.3, 0.4) is 0 Å². The van der Waals surface area contributed by atoms with Crippen molar-refractivity contribution in [3.05, 3.63) is 46.4 Å². The first-order valence-corrected chi connectivity index (χ1v) is 15.3. The number of aliphatic carboxylic acids is 1. The molecule has 6 rings (SSSR count). The Bertz CT molecular complexity index is 1670. The van der Waals surface area contributed by atoms with Gasteiger partial charge in [0, 0.05) is 41.1 Å². The van der Waals surface area contributed by atoms with E-state index in [1.54, 1.807) is 24.4 Å². The number of aromatic nitrogens is 2. The molecule has 224 valence electrons. The Balaban J connectivity index is 1.34. The van der Waals surface area contributed by atoms with Crippen LogP contribution in [0.15, 0.2) is 40.7 Å². The minimum absolute atomic E-state index is 0.0490. The van der Waals surface area contributed by atoms with Gasteiger partial charge in [0.15, 0.2) is 0 Å². The molecule has 4 heterocycles. The molecular weight excluding hydrogens is 594 g/mol. The number of ether oxygens (including phenoxy) is 2. The van der Waals surface area contributed by atoms with Gasteiger partial charge in [-0.3, -0.25) is 4.79 Å². The molecule has 3 aromatic rings. The SMILES string of the molecule is COc1ccc2c(O[C@H]3C[C@H]4C(=O)N=CCCC/C=C\[C@H]5C[C@@]5(C(=O)O)NC(=O)N4C3)cc(-c3nc(C)cs3)nc2c1Cl. The molecule has 2 aromatic heterocycles. The van der Waals surface area contributed by atoms with Crippen molar-refractivity contribution in [1.82, 2.24) is 20.2 Å². The number of carboxylic acids is 1. The fraction of sp³-hybridized carbons (Fsp3) is 0.400. The van der Waals surface area contributed by atoms with E-state index in [1.807, 2.05) is 24.5 Å². The zero-order valence-corrected chi connectivity index (χ0v) is 25.2. The summed E-state index contributed by atoms with van der Waals surface area (Å²) in [5.41, 5.74) is 0.476. The summed E-state index contributed by atoms with van der Waals surface area (Å²) in [6.07, 6.45) is 7.32. The second-order valence-corrected chi connectivity index (χ2v) is 12.2. The van der Waals surface area contributed by atoms with Crippen molar-refractivity contribution >= 4 is 58.0 Å². The number of nitrogens with zero attached hydrogens (tertiary/aromatic N) is 4. The maximum Gasteiger partial charge on any atom is 0.330 e. The minimum atomic E-state index is -1.40. The predicted octanol–water partition coefficient (Wildman–Crippen LogP) is 5.04. The van der Waals surface area contributed by atoms with Gasteiger partial charge in [-0.05, 0) is 44.7 Å². The lowest BCUT2D eigenvalue weighted by Crippen LogP contribution is -2.53. The molecule has 2 fully saturated rings. The first-order chi connectivity index (χ1) is 20.7. The average Bonchev–Trinajstić information content (AvgIpc) is 3.27. The van der Waals surface area contributed by atoms with E-state index in [9.17, 15) is 19.5 Å². The van der Waals surface area contributed by atoms with Gasteiger partial charge in [0.05, 0.1) is 19.2 Å². The number of fused-ring (bicyclic) bond motifs is 3. The Hall–Kier alpha value is -4.03. The van der Waals surface area contributed by atoms with Crippen LogP contribution in [0.4, 0.5) is 4.79 Å². The summed E-state index contributed by atoms with van der Waals surface area (Å²) in [5, 5.41) is 16.2. The molecule has 1 saturated heterocycles. The number of hydrogen-bond donors (Lipinski definition) is 2. The van der Waals surface area contributed by atoms with Crippen LogP contribution in [-0.2, 0) is 9.59 Å². The summed E-state index contributed by atoms with van der Waals surface area (Å²) in [7, 11) is 1.52. The number of thiazole rings is 1. The van der Waals surface area contributed by atoms with Crippen LogP contribution < -0.4 is 14.8 Å². The summed E-state index contributed by atoms with van der Waals surface area (Å²) >= 11 is 8.11. The molecule has 11 nitrogen and oxygen atoms in total. The normalized spacial score (nSPS) is 26.3. The Labute approximate surface area is 256 Å². The van der Waals surface area contributed by atoms with Crippen molar-refractivity contribution < 1.29 is 29.0 Å². The highest BCUT2D eigenvalue weighted by molar-refractivity contribution is 7.13. The second-order valence-electron chi connectivity index (χ2n) is 10.9. The van der Waals surface area contributed by atoms with Crippen molar-refractivity contribution in [2.24, 2.45) is 10.9 Å². The molecule has 0 radical (unpaired) electrons. The third-order valence-electron chi connectivity index (χ3n) is 8.02. The number of carboxylic acid groups (broad SMARTS) is 1. The van der Waals surface area contributed by atoms with Gasteiger partial charge < -0.3 is 24.8 Å². The van der Waals surface area contributed by atoms with E-state index in [-0.39, 0.29) is 18.9 Å². The van der Waals surface area contributed by atoms with E-state index in [0.29, 0.717) is 51.0 Å². The molecule has 2 aliphatic heterocycles. The highest BCUT2D eigenvalue weighted by Gasteiger charge is 2.61. The maximum absolute atomic E-state index is 13.5. The number of aliphatic imine (C=N–C) groups is 1. The number of hydrogen-bond acceptors (Lipinski definition) is 8. The van der Waals surface area contributed by atoms with Gasteiger partial charge in [-0.15, -0.1) is 11.3 Å². The number of amides is 3. The highest BCUT2D eigenvalue weighted by atomic mass is 35.5. The minimum Gasteiger partial charge on any atom is -0.495 e. The first kappa shape index (κ1) is 29.1. The lowest BCUT2D eigenvalue weighted by atomic mass is 10.1. The first-order valence-electron chi connectivity index (χ1n) is 14.0. The third-order valence-corrected chi connectivity index (χ3v) is 9.37. The number of halogens is 1. The van der Waals surface area contributed by atoms with E-state index in [2.05, 4.69) is 15.3 Å². The smallest absolute Gasteiger partial charge is 0.330 e. The number of urea groups is 1. The zero-order chi connectivity index (χ0) is 30.3. The highest BCUT2D eigenvalue weighted by Crippen LogP contribution is 2.45. The van der Waals surface area contributed by atoms with Crippen LogP contribution in [0, 0.1) is 12.8 Å². The Kier molecular flexibility index (Phi) is 7.82. The van der Waals surface area contributed by atoms with Gasteiger partial charge in [-0.1, -0.05) is 23.8 Å². The lowest BCUT2D eigenvalue weighted by Gasteiger charge is -2.25. The molecule has 4 atom stereocenters. The molecule has 43 heavy (non-hydrogen) atoms. The van der Waals surface area contributed by atoms with E-state index in [4.69, 9.17) is 26.1 Å². The number of rotatable bonds is 5. The number of carbonyl (C=O) groups excluding carboxylic acids is 2. The van der Waals surface area contributed by atoms with E-state index >= 15 is 0 Å². The van der Waals surface area contributed by atoms with E-state index in [1.165, 1.54) is 23.3 Å². The number of pyridine rings is 1. The van der Waals surface area contributed by atoms with Crippen LogP contribution in [0.2, 0.25) is 5.02 Å². The molecule has 13 heteroatoms. The average molecular weight is 624 g/mol. The van der Waals surface area contributed by atoms with Crippen molar-refractivity contribution in [2.75, 3.05) is 13.7 Å². The number of carbonyl (C=O) groups is 3. The monoisotopic (exact) mass is 623 g/mol. The summed E-state index contributed by atoms with van der Waals surface area (Å²) in [5.74, 6) is -0.975. The molecule has 0 spiro atoms. The van der Waals surface area contributed by atoms with Crippen molar-refractivity contribution in [3.8, 4) is 22.2 Å². The Morgan fingerprint density at radius 2 is 2.07 bits per heavy atom. The molecule has 3 aliphatic rings. The third kappa shape index (κ3) is 5.56. The summed E-state index contributed by atoms with van der Waals surface area (Å²) in [6.45, 7) is 1.94. The van der Waals surface area contributed by atoms with Gasteiger partial charge in [-0.2, -0.15) is 0 Å². The maximum atomic E-state index is 13.5. The van der Waals surface area contributed by atoms with Crippen LogP contribution >= 0.6 is 22.9 Å². The van der Waals surface area contributed by atoms with E-state index in [0.717, 1.165) is 18.5 Å². The van der Waals surface area contributed by atoms with Gasteiger partial charge in [0.2, 0.25) is 0 Å². The number of aryl methyl sites for hydroxylation is 1. The molecule has 1 aliphatic carbocycles. The van der Waals surface area contributed by atoms with Gasteiger partial charge >= 0.3 is 12.0 Å². The van der Waals surface area contributed by atoms with E-state index < -0.39 is 35.6 Å². The molecule has 1 aromatic carbocycles. The molecule has 0 bridgehead atoms. The fourth-order valence-electron chi connectivity index (χ4n) is 5.62. The van der Waals surface area contributed by atoms with Gasteiger partial charge in [0.25, 0.3) is 5.91 Å². The summed E-state index contributed by atoms with van der Waals surface area (Å²) in [4.78, 5) is 53.8. The number of nitrogens with one attached hydrogen (secondary N) is 1. The van der Waals surface area contributed by atoms with Crippen LogP contribution in [-0.4, -0.2) is 75.4 Å². The van der Waals surface area contributed by atoms with Crippen molar-refractivity contribution in [1.29, 1.82) is 0 Å². The summed E-state index contributed by atoms with van der Waals surface area (Å²) in [6, 6.07) is 3.74. The van der Waals surface area contributed by atoms with Crippen molar-refractivity contribution in [2.45, 2.75) is 56.7 Å². The molecule has 1 saturated carbocycles.